The van der Waals surface area contributed by atoms with E-state index >= 15 is 0 Å². The molecular formula is C11H13O. The van der Waals surface area contributed by atoms with E-state index in [1.807, 2.05) is 0 Å². The topological polar surface area (TPSA) is 9.23 Å². The minimum absolute atomic E-state index is 0.190. The van der Waals surface area contributed by atoms with E-state index in [0.29, 0.717) is 0 Å². The first-order valence-electron chi connectivity index (χ1n) is 4.56. The van der Waals surface area contributed by atoms with Gasteiger partial charge in [0.25, 0.3) is 0 Å². The standard InChI is InChI=1S/C11H13O/c1-3-8-5-6-11-10(8)7-9(4-2)12-11/h5-6,11H,3-4H2,1-2H3. The molecule has 0 fully saturated rings. The van der Waals surface area contributed by atoms with E-state index in [-0.39, 0.29) is 6.10 Å². The molecule has 0 saturated carbocycles. The van der Waals surface area contributed by atoms with Gasteiger partial charge in [-0.1, -0.05) is 19.9 Å². The molecule has 0 N–H and O–H groups in total. The Hall–Kier alpha value is -0.980. The van der Waals surface area contributed by atoms with Crippen molar-refractivity contribution in [3.8, 4) is 0 Å². The van der Waals surface area contributed by atoms with E-state index in [9.17, 15) is 0 Å². The molecule has 12 heavy (non-hydrogen) atoms. The number of rotatable bonds is 2. The van der Waals surface area contributed by atoms with Gasteiger partial charge < -0.3 is 4.74 Å². The van der Waals surface area contributed by atoms with Gasteiger partial charge in [0.05, 0.1) is 0 Å². The number of hydrogen-bond acceptors (Lipinski definition) is 1. The van der Waals surface area contributed by atoms with Crippen molar-refractivity contribution >= 4 is 0 Å². The molecule has 2 aliphatic rings. The molecule has 1 heterocycles. The molecule has 1 heteroatoms. The fraction of sp³-hybridized carbons (Fsp3) is 0.455. The minimum atomic E-state index is 0.190. The highest BCUT2D eigenvalue weighted by Gasteiger charge is 2.26. The molecule has 0 aromatic rings. The lowest BCUT2D eigenvalue weighted by Gasteiger charge is -2.05. The summed E-state index contributed by atoms with van der Waals surface area (Å²) in [5.74, 6) is 1.00. The molecule has 0 aromatic heterocycles. The first-order chi connectivity index (χ1) is 5.85. The molecule has 0 amide bonds. The predicted octanol–water partition coefficient (Wildman–Crippen LogP) is 2.76. The maximum absolute atomic E-state index is 5.63. The molecule has 0 spiro atoms. The van der Waals surface area contributed by atoms with Crippen LogP contribution in [0.25, 0.3) is 0 Å². The number of ether oxygens (including phenoxy) is 1. The lowest BCUT2D eigenvalue weighted by atomic mass is 10.1. The highest BCUT2D eigenvalue weighted by Crippen LogP contribution is 2.33. The van der Waals surface area contributed by atoms with Gasteiger partial charge in [-0.2, -0.15) is 0 Å². The lowest BCUT2D eigenvalue weighted by molar-refractivity contribution is 0.198. The van der Waals surface area contributed by atoms with Crippen molar-refractivity contribution in [3.63, 3.8) is 0 Å². The molecule has 0 aromatic carbocycles. The van der Waals surface area contributed by atoms with Crippen molar-refractivity contribution in [2.45, 2.75) is 32.8 Å². The van der Waals surface area contributed by atoms with Crippen LogP contribution in [-0.2, 0) is 4.74 Å². The van der Waals surface area contributed by atoms with Gasteiger partial charge in [-0.05, 0) is 18.1 Å². The first kappa shape index (κ1) is 7.66. The normalized spacial score (nSPS) is 25.8. The monoisotopic (exact) mass is 161 g/mol. The van der Waals surface area contributed by atoms with E-state index in [2.05, 4.69) is 32.1 Å². The number of hydrogen-bond donors (Lipinski definition) is 0. The Bertz CT molecular complexity index is 281. The second-order valence-corrected chi connectivity index (χ2v) is 3.09. The van der Waals surface area contributed by atoms with Crippen LogP contribution >= 0.6 is 0 Å². The Balaban J connectivity index is 2.29. The summed E-state index contributed by atoms with van der Waals surface area (Å²) in [6.45, 7) is 4.26. The molecule has 1 aliphatic heterocycles. The van der Waals surface area contributed by atoms with Crippen LogP contribution < -0.4 is 0 Å². The Labute approximate surface area is 73.4 Å². The molecule has 63 valence electrons. The Morgan fingerprint density at radius 2 is 2.25 bits per heavy atom. The van der Waals surface area contributed by atoms with Crippen molar-refractivity contribution in [1.29, 1.82) is 0 Å². The van der Waals surface area contributed by atoms with E-state index in [1.165, 1.54) is 11.1 Å². The molecular weight excluding hydrogens is 148 g/mol. The molecule has 1 unspecified atom stereocenters. The molecule has 1 aliphatic carbocycles. The summed E-state index contributed by atoms with van der Waals surface area (Å²) < 4.78 is 5.63. The van der Waals surface area contributed by atoms with Crippen molar-refractivity contribution < 1.29 is 4.74 Å². The Kier molecular flexibility index (Phi) is 1.80. The molecule has 1 nitrogen and oxygen atoms in total. The van der Waals surface area contributed by atoms with E-state index in [4.69, 9.17) is 4.74 Å². The maximum Gasteiger partial charge on any atom is 0.143 e. The zero-order chi connectivity index (χ0) is 8.55. The summed E-state index contributed by atoms with van der Waals surface area (Å²) in [5.41, 5.74) is 2.64. The van der Waals surface area contributed by atoms with Crippen LogP contribution in [0.5, 0.6) is 0 Å². The van der Waals surface area contributed by atoms with Crippen LogP contribution in [0.4, 0.5) is 0 Å². The van der Waals surface area contributed by atoms with Crippen LogP contribution in [0.2, 0.25) is 0 Å². The van der Waals surface area contributed by atoms with Crippen molar-refractivity contribution in [2.75, 3.05) is 0 Å². The Morgan fingerprint density at radius 3 is 2.92 bits per heavy atom. The second kappa shape index (κ2) is 2.81. The second-order valence-electron chi connectivity index (χ2n) is 3.09. The highest BCUT2D eigenvalue weighted by molar-refractivity contribution is 5.45. The number of fused-ring (bicyclic) bond motifs is 1. The summed E-state index contributed by atoms with van der Waals surface area (Å²) in [6.07, 6.45) is 9.80. The highest BCUT2D eigenvalue weighted by atomic mass is 16.5. The fourth-order valence-electron chi connectivity index (χ4n) is 1.63. The van der Waals surface area contributed by atoms with Gasteiger partial charge in [-0.3, -0.25) is 0 Å². The minimum Gasteiger partial charge on any atom is -0.485 e. The average Bonchev–Trinajstić information content (AvgIpc) is 2.61. The third kappa shape index (κ3) is 1.01. The summed E-state index contributed by atoms with van der Waals surface area (Å²) in [5, 5.41) is 0. The average molecular weight is 161 g/mol. The van der Waals surface area contributed by atoms with Gasteiger partial charge in [0.2, 0.25) is 0 Å². The van der Waals surface area contributed by atoms with Crippen molar-refractivity contribution in [2.24, 2.45) is 0 Å². The van der Waals surface area contributed by atoms with Gasteiger partial charge in [-0.25, -0.2) is 0 Å². The van der Waals surface area contributed by atoms with Crippen LogP contribution in [0.15, 0.2) is 29.1 Å². The molecule has 1 atom stereocenters. The van der Waals surface area contributed by atoms with E-state index in [0.717, 1.165) is 18.6 Å². The molecule has 2 rings (SSSR count). The van der Waals surface area contributed by atoms with Gasteiger partial charge >= 0.3 is 0 Å². The fourth-order valence-corrected chi connectivity index (χ4v) is 1.63. The third-order valence-electron chi connectivity index (χ3n) is 2.35. The van der Waals surface area contributed by atoms with Crippen LogP contribution in [0.1, 0.15) is 26.7 Å². The third-order valence-corrected chi connectivity index (χ3v) is 2.35. The van der Waals surface area contributed by atoms with E-state index < -0.39 is 0 Å². The molecule has 1 radical (unpaired) electrons. The Morgan fingerprint density at radius 1 is 1.42 bits per heavy atom. The summed E-state index contributed by atoms with van der Waals surface area (Å²) in [7, 11) is 0. The van der Waals surface area contributed by atoms with Crippen molar-refractivity contribution in [3.05, 3.63) is 35.1 Å². The van der Waals surface area contributed by atoms with Gasteiger partial charge in [-0.15, -0.1) is 0 Å². The van der Waals surface area contributed by atoms with Gasteiger partial charge in [0.15, 0.2) is 0 Å². The zero-order valence-electron chi connectivity index (χ0n) is 7.55. The van der Waals surface area contributed by atoms with Crippen LogP contribution in [-0.4, -0.2) is 6.10 Å². The quantitative estimate of drug-likeness (QED) is 0.605. The summed E-state index contributed by atoms with van der Waals surface area (Å²) >= 11 is 0. The molecule has 0 saturated heterocycles. The number of allylic oxidation sites excluding steroid dienone is 3. The van der Waals surface area contributed by atoms with Crippen molar-refractivity contribution in [1.82, 2.24) is 0 Å². The van der Waals surface area contributed by atoms with Gasteiger partial charge in [0.1, 0.15) is 11.9 Å². The SMILES string of the molecule is CCC1=[C]C2=C(CC)C=CC2O1. The lowest BCUT2D eigenvalue weighted by Crippen LogP contribution is -2.01. The summed E-state index contributed by atoms with van der Waals surface area (Å²) in [6, 6.07) is 0. The first-order valence-corrected chi connectivity index (χ1v) is 4.56. The summed E-state index contributed by atoms with van der Waals surface area (Å²) in [4.78, 5) is 0. The maximum atomic E-state index is 5.63. The smallest absolute Gasteiger partial charge is 0.143 e. The molecule has 0 bridgehead atoms. The predicted molar refractivity (Wildman–Crippen MR) is 48.4 cm³/mol. The van der Waals surface area contributed by atoms with Gasteiger partial charge in [0, 0.05) is 18.1 Å². The van der Waals surface area contributed by atoms with Crippen LogP contribution in [0, 0.1) is 6.08 Å². The largest absolute Gasteiger partial charge is 0.485 e. The zero-order valence-corrected chi connectivity index (χ0v) is 7.55. The van der Waals surface area contributed by atoms with E-state index in [1.54, 1.807) is 0 Å². The van der Waals surface area contributed by atoms with Crippen LogP contribution in [0.3, 0.4) is 0 Å².